The molecule has 0 aromatic carbocycles. The van der Waals surface area contributed by atoms with Crippen molar-refractivity contribution in [3.8, 4) is 0 Å². The first-order valence-electron chi connectivity index (χ1n) is 5.16. The van der Waals surface area contributed by atoms with Crippen LogP contribution in [0.25, 0.3) is 0 Å². The number of nitrogens with zero attached hydrogens (tertiary/aromatic N) is 2. The van der Waals surface area contributed by atoms with Crippen LogP contribution in [0.2, 0.25) is 0 Å². The van der Waals surface area contributed by atoms with E-state index in [1.165, 1.54) is 0 Å². The van der Waals surface area contributed by atoms with Crippen LogP contribution in [0.1, 0.15) is 45.1 Å². The van der Waals surface area contributed by atoms with Crippen molar-refractivity contribution in [1.82, 2.24) is 9.78 Å². The number of nitrogens with two attached hydrogens (primary N) is 1. The van der Waals surface area contributed by atoms with Crippen LogP contribution in [0, 0.1) is 12.3 Å². The van der Waals surface area contributed by atoms with Gasteiger partial charge in [0.15, 0.2) is 0 Å². The Kier molecular flexibility index (Phi) is 3.00. The van der Waals surface area contributed by atoms with Crippen molar-refractivity contribution >= 4 is 0 Å². The summed E-state index contributed by atoms with van der Waals surface area (Å²) in [7, 11) is 0. The smallest absolute Gasteiger partial charge is 0.0597 e. The van der Waals surface area contributed by atoms with Gasteiger partial charge in [0.25, 0.3) is 0 Å². The fraction of sp³-hybridized carbons (Fsp3) is 0.727. The highest BCUT2D eigenvalue weighted by Crippen LogP contribution is 2.30. The molecule has 0 aliphatic carbocycles. The second kappa shape index (κ2) is 3.73. The molecule has 0 bridgehead atoms. The monoisotopic (exact) mass is 195 g/mol. The predicted octanol–water partition coefficient (Wildman–Crippen LogP) is 2.26. The average molecular weight is 195 g/mol. The first-order valence-corrected chi connectivity index (χ1v) is 5.16. The maximum atomic E-state index is 6.20. The molecule has 1 heterocycles. The molecular formula is C11H21N3. The van der Waals surface area contributed by atoms with E-state index in [0.29, 0.717) is 0 Å². The first-order chi connectivity index (χ1) is 6.36. The molecular weight excluding hydrogens is 174 g/mol. The SMILES string of the molecule is CCn1nc(C)cc1C(N)C(C)(C)C. The average Bonchev–Trinajstić information content (AvgIpc) is 2.43. The Bertz CT molecular complexity index is 307. The van der Waals surface area contributed by atoms with E-state index in [1.54, 1.807) is 0 Å². The Balaban J connectivity index is 3.05. The van der Waals surface area contributed by atoms with E-state index >= 15 is 0 Å². The van der Waals surface area contributed by atoms with E-state index < -0.39 is 0 Å². The zero-order chi connectivity index (χ0) is 10.9. The van der Waals surface area contributed by atoms with Gasteiger partial charge in [-0.05, 0) is 25.3 Å². The molecule has 0 radical (unpaired) electrons. The molecule has 0 saturated heterocycles. The van der Waals surface area contributed by atoms with Gasteiger partial charge in [0.2, 0.25) is 0 Å². The summed E-state index contributed by atoms with van der Waals surface area (Å²) in [5.74, 6) is 0. The molecule has 1 unspecified atom stereocenters. The highest BCUT2D eigenvalue weighted by molar-refractivity contribution is 5.14. The molecule has 0 aliphatic heterocycles. The fourth-order valence-electron chi connectivity index (χ4n) is 1.51. The van der Waals surface area contributed by atoms with E-state index in [0.717, 1.165) is 17.9 Å². The van der Waals surface area contributed by atoms with Crippen LogP contribution in [-0.4, -0.2) is 9.78 Å². The van der Waals surface area contributed by atoms with Crippen LogP contribution in [0.4, 0.5) is 0 Å². The number of rotatable bonds is 2. The minimum atomic E-state index is 0.0450. The topological polar surface area (TPSA) is 43.8 Å². The van der Waals surface area contributed by atoms with Crippen LogP contribution >= 0.6 is 0 Å². The molecule has 1 atom stereocenters. The Morgan fingerprint density at radius 3 is 2.50 bits per heavy atom. The zero-order valence-electron chi connectivity index (χ0n) is 9.83. The fourth-order valence-corrected chi connectivity index (χ4v) is 1.51. The van der Waals surface area contributed by atoms with Crippen LogP contribution in [0.5, 0.6) is 0 Å². The normalized spacial score (nSPS) is 14.4. The third kappa shape index (κ3) is 2.15. The summed E-state index contributed by atoms with van der Waals surface area (Å²) in [6, 6.07) is 2.13. The molecule has 0 saturated carbocycles. The molecule has 80 valence electrons. The van der Waals surface area contributed by atoms with Crippen molar-refractivity contribution < 1.29 is 0 Å². The number of aromatic nitrogens is 2. The largest absolute Gasteiger partial charge is 0.322 e. The van der Waals surface area contributed by atoms with Crippen molar-refractivity contribution in [2.75, 3.05) is 0 Å². The third-order valence-corrected chi connectivity index (χ3v) is 2.48. The minimum Gasteiger partial charge on any atom is -0.322 e. The van der Waals surface area contributed by atoms with Gasteiger partial charge in [-0.2, -0.15) is 5.10 Å². The van der Waals surface area contributed by atoms with E-state index in [4.69, 9.17) is 5.73 Å². The quantitative estimate of drug-likeness (QED) is 0.786. The summed E-state index contributed by atoms with van der Waals surface area (Å²) in [6.45, 7) is 11.4. The van der Waals surface area contributed by atoms with Crippen molar-refractivity contribution in [2.24, 2.45) is 11.1 Å². The summed E-state index contributed by atoms with van der Waals surface area (Å²) in [4.78, 5) is 0. The summed E-state index contributed by atoms with van der Waals surface area (Å²) in [6.07, 6.45) is 0. The van der Waals surface area contributed by atoms with Crippen LogP contribution in [0.15, 0.2) is 6.07 Å². The van der Waals surface area contributed by atoms with E-state index in [9.17, 15) is 0 Å². The highest BCUT2D eigenvalue weighted by Gasteiger charge is 2.25. The lowest BCUT2D eigenvalue weighted by atomic mass is 9.85. The van der Waals surface area contributed by atoms with Crippen molar-refractivity contribution in [3.63, 3.8) is 0 Å². The lowest BCUT2D eigenvalue weighted by Gasteiger charge is -2.27. The van der Waals surface area contributed by atoms with Gasteiger partial charge in [-0.15, -0.1) is 0 Å². The van der Waals surface area contributed by atoms with E-state index in [1.807, 2.05) is 11.6 Å². The van der Waals surface area contributed by atoms with Gasteiger partial charge >= 0.3 is 0 Å². The number of hydrogen-bond donors (Lipinski definition) is 1. The van der Waals surface area contributed by atoms with Crippen molar-refractivity contribution in [2.45, 2.75) is 47.2 Å². The molecule has 0 spiro atoms. The Morgan fingerprint density at radius 2 is 2.07 bits per heavy atom. The molecule has 1 aromatic heterocycles. The van der Waals surface area contributed by atoms with Crippen molar-refractivity contribution in [3.05, 3.63) is 17.5 Å². The molecule has 0 aliphatic rings. The Labute approximate surface area is 86.3 Å². The molecule has 3 heteroatoms. The van der Waals surface area contributed by atoms with Gasteiger partial charge in [0.05, 0.1) is 17.4 Å². The second-order valence-electron chi connectivity index (χ2n) is 4.87. The summed E-state index contributed by atoms with van der Waals surface area (Å²) < 4.78 is 1.99. The molecule has 0 fully saturated rings. The molecule has 1 rings (SSSR count). The lowest BCUT2D eigenvalue weighted by Crippen LogP contribution is -2.28. The van der Waals surface area contributed by atoms with E-state index in [2.05, 4.69) is 38.9 Å². The second-order valence-corrected chi connectivity index (χ2v) is 4.87. The lowest BCUT2D eigenvalue weighted by molar-refractivity contribution is 0.311. The summed E-state index contributed by atoms with van der Waals surface area (Å²) in [5, 5.41) is 4.40. The standard InChI is InChI=1S/C11H21N3/c1-6-14-9(7-8(2)13-14)10(12)11(3,4)5/h7,10H,6,12H2,1-5H3. The molecule has 14 heavy (non-hydrogen) atoms. The predicted molar refractivity (Wildman–Crippen MR) is 59.0 cm³/mol. The zero-order valence-corrected chi connectivity index (χ0v) is 9.83. The maximum Gasteiger partial charge on any atom is 0.0597 e. The molecule has 0 amide bonds. The minimum absolute atomic E-state index is 0.0450. The van der Waals surface area contributed by atoms with Crippen LogP contribution in [-0.2, 0) is 6.54 Å². The van der Waals surface area contributed by atoms with Crippen LogP contribution < -0.4 is 5.73 Å². The van der Waals surface area contributed by atoms with E-state index in [-0.39, 0.29) is 11.5 Å². The molecule has 2 N–H and O–H groups in total. The third-order valence-electron chi connectivity index (χ3n) is 2.48. The number of hydrogen-bond acceptors (Lipinski definition) is 2. The van der Waals surface area contributed by atoms with Gasteiger partial charge in [-0.1, -0.05) is 20.8 Å². The number of aryl methyl sites for hydroxylation is 2. The first kappa shape index (κ1) is 11.2. The summed E-state index contributed by atoms with van der Waals surface area (Å²) in [5.41, 5.74) is 8.46. The highest BCUT2D eigenvalue weighted by atomic mass is 15.3. The Morgan fingerprint density at radius 1 is 1.50 bits per heavy atom. The van der Waals surface area contributed by atoms with Gasteiger partial charge in [0.1, 0.15) is 0 Å². The van der Waals surface area contributed by atoms with Gasteiger partial charge in [-0.25, -0.2) is 0 Å². The van der Waals surface area contributed by atoms with Crippen molar-refractivity contribution in [1.29, 1.82) is 0 Å². The van der Waals surface area contributed by atoms with Gasteiger partial charge in [-0.3, -0.25) is 4.68 Å². The van der Waals surface area contributed by atoms with Crippen LogP contribution in [0.3, 0.4) is 0 Å². The molecule has 3 nitrogen and oxygen atoms in total. The van der Waals surface area contributed by atoms with Gasteiger partial charge < -0.3 is 5.73 Å². The van der Waals surface area contributed by atoms with Gasteiger partial charge in [0, 0.05) is 6.54 Å². The molecule has 1 aromatic rings. The maximum absolute atomic E-state index is 6.20. The Hall–Kier alpha value is -0.830. The summed E-state index contributed by atoms with van der Waals surface area (Å²) >= 11 is 0.